The number of carboxylic acids is 1. The van der Waals surface area contributed by atoms with Gasteiger partial charge in [-0.1, -0.05) is 18.2 Å². The molecule has 20 heavy (non-hydrogen) atoms. The first-order valence-corrected chi connectivity index (χ1v) is 7.71. The molecular weight excluding hydrogens is 280 g/mol. The maximum atomic E-state index is 12.2. The topological polar surface area (TPSA) is 98.5 Å². The standard InChI is InChI=1S/C13H14N2O4S/c14-6-11-3-1-2-4-12(11)9-20(18,19)15-7-10(8-15)5-13(16)17/h1-4,10H,5,7-9H2,(H,16,17). The molecule has 0 radical (unpaired) electrons. The Kier molecular flexibility index (Phi) is 4.06. The zero-order valence-corrected chi connectivity index (χ0v) is 11.5. The average molecular weight is 294 g/mol. The highest BCUT2D eigenvalue weighted by molar-refractivity contribution is 7.88. The summed E-state index contributed by atoms with van der Waals surface area (Å²) in [4.78, 5) is 10.5. The van der Waals surface area contributed by atoms with Gasteiger partial charge in [0.1, 0.15) is 0 Å². The summed E-state index contributed by atoms with van der Waals surface area (Å²) in [6.45, 7) is 0.479. The van der Waals surface area contributed by atoms with E-state index < -0.39 is 16.0 Å². The van der Waals surface area contributed by atoms with Crippen LogP contribution in [0.5, 0.6) is 0 Å². The lowest BCUT2D eigenvalue weighted by molar-refractivity contribution is -0.139. The minimum atomic E-state index is -3.49. The minimum absolute atomic E-state index is 0.0131. The van der Waals surface area contributed by atoms with E-state index in [4.69, 9.17) is 10.4 Å². The number of hydrogen-bond donors (Lipinski definition) is 1. The van der Waals surface area contributed by atoms with Crippen molar-refractivity contribution >= 4 is 16.0 Å². The van der Waals surface area contributed by atoms with Gasteiger partial charge in [0.25, 0.3) is 0 Å². The maximum absolute atomic E-state index is 12.2. The summed E-state index contributed by atoms with van der Waals surface area (Å²) in [5.74, 6) is -1.26. The zero-order valence-electron chi connectivity index (χ0n) is 10.7. The van der Waals surface area contributed by atoms with Crippen LogP contribution < -0.4 is 0 Å². The summed E-state index contributed by atoms with van der Waals surface area (Å²) in [6.07, 6.45) is -0.0131. The van der Waals surface area contributed by atoms with Crippen LogP contribution in [0.15, 0.2) is 24.3 Å². The third-order valence-corrected chi connectivity index (χ3v) is 5.02. The molecule has 1 aliphatic rings. The van der Waals surface area contributed by atoms with Crippen LogP contribution >= 0.6 is 0 Å². The molecule has 0 aromatic heterocycles. The molecule has 0 bridgehead atoms. The Hall–Kier alpha value is -1.91. The van der Waals surface area contributed by atoms with E-state index >= 15 is 0 Å². The molecule has 0 saturated carbocycles. The van der Waals surface area contributed by atoms with Crippen LogP contribution in [0.4, 0.5) is 0 Å². The summed E-state index contributed by atoms with van der Waals surface area (Å²) in [5, 5.41) is 17.6. The first-order chi connectivity index (χ1) is 9.42. The zero-order chi connectivity index (χ0) is 14.8. The van der Waals surface area contributed by atoms with E-state index in [9.17, 15) is 13.2 Å². The number of sulfonamides is 1. The minimum Gasteiger partial charge on any atom is -0.481 e. The Bertz CT molecular complexity index is 657. The number of carboxylic acid groups (broad SMARTS) is 1. The molecule has 1 aromatic rings. The first kappa shape index (κ1) is 14.5. The second kappa shape index (κ2) is 5.61. The fourth-order valence-corrected chi connectivity index (χ4v) is 3.87. The van der Waals surface area contributed by atoms with Crippen molar-refractivity contribution in [1.29, 1.82) is 5.26 Å². The molecule has 0 amide bonds. The molecule has 2 rings (SSSR count). The summed E-state index contributed by atoms with van der Waals surface area (Å²) in [5.41, 5.74) is 0.815. The van der Waals surface area contributed by atoms with Crippen molar-refractivity contribution in [3.8, 4) is 6.07 Å². The van der Waals surface area contributed by atoms with Gasteiger partial charge in [-0.3, -0.25) is 4.79 Å². The molecular formula is C13H14N2O4S. The SMILES string of the molecule is N#Cc1ccccc1CS(=O)(=O)N1CC(CC(=O)O)C1. The number of aliphatic carboxylic acids is 1. The highest BCUT2D eigenvalue weighted by Gasteiger charge is 2.36. The van der Waals surface area contributed by atoms with E-state index in [1.165, 1.54) is 4.31 Å². The number of hydrogen-bond acceptors (Lipinski definition) is 4. The predicted molar refractivity (Wildman–Crippen MR) is 71.1 cm³/mol. The fraction of sp³-hybridized carbons (Fsp3) is 0.385. The average Bonchev–Trinajstić information content (AvgIpc) is 2.33. The third kappa shape index (κ3) is 3.15. The normalized spacial score (nSPS) is 16.4. The first-order valence-electron chi connectivity index (χ1n) is 6.10. The number of nitrogens with zero attached hydrogens (tertiary/aromatic N) is 2. The van der Waals surface area contributed by atoms with Gasteiger partial charge in [0.15, 0.2) is 0 Å². The summed E-state index contributed by atoms with van der Waals surface area (Å²) in [6, 6.07) is 8.53. The van der Waals surface area contributed by atoms with Crippen LogP contribution in [-0.4, -0.2) is 36.9 Å². The van der Waals surface area contributed by atoms with Crippen LogP contribution in [0.3, 0.4) is 0 Å². The van der Waals surface area contributed by atoms with E-state index in [1.54, 1.807) is 24.3 Å². The van der Waals surface area contributed by atoms with Crippen LogP contribution in [-0.2, 0) is 20.6 Å². The van der Waals surface area contributed by atoms with E-state index in [-0.39, 0.29) is 31.2 Å². The van der Waals surface area contributed by atoms with Gasteiger partial charge in [-0.2, -0.15) is 5.26 Å². The molecule has 1 saturated heterocycles. The lowest BCUT2D eigenvalue weighted by atomic mass is 10.00. The third-order valence-electron chi connectivity index (χ3n) is 3.26. The molecule has 7 heteroatoms. The van der Waals surface area contributed by atoms with Gasteiger partial charge < -0.3 is 5.11 Å². The lowest BCUT2D eigenvalue weighted by Gasteiger charge is -2.37. The molecule has 1 aliphatic heterocycles. The molecule has 6 nitrogen and oxygen atoms in total. The number of rotatable bonds is 5. The summed E-state index contributed by atoms with van der Waals surface area (Å²) in [7, 11) is -3.49. The van der Waals surface area contributed by atoms with E-state index in [0.29, 0.717) is 11.1 Å². The highest BCUT2D eigenvalue weighted by Crippen LogP contribution is 2.25. The second-order valence-corrected chi connectivity index (χ2v) is 6.77. The van der Waals surface area contributed by atoms with Gasteiger partial charge in [0, 0.05) is 13.1 Å². The van der Waals surface area contributed by atoms with E-state index in [2.05, 4.69) is 0 Å². The number of carbonyl (C=O) groups is 1. The smallest absolute Gasteiger partial charge is 0.303 e. The molecule has 0 unspecified atom stereocenters. The van der Waals surface area contributed by atoms with Crippen LogP contribution in [0.1, 0.15) is 17.5 Å². The van der Waals surface area contributed by atoms with Crippen molar-refractivity contribution < 1.29 is 18.3 Å². The molecule has 106 valence electrons. The van der Waals surface area contributed by atoms with Gasteiger partial charge in [0.2, 0.25) is 10.0 Å². The number of nitriles is 1. The molecule has 1 N–H and O–H groups in total. The summed E-state index contributed by atoms with van der Waals surface area (Å²) < 4.78 is 25.6. The predicted octanol–water partition coefficient (Wildman–Crippen LogP) is 0.795. The lowest BCUT2D eigenvalue weighted by Crippen LogP contribution is -2.50. The summed E-state index contributed by atoms with van der Waals surface area (Å²) >= 11 is 0. The molecule has 1 aromatic carbocycles. The molecule has 0 spiro atoms. The van der Waals surface area contributed by atoms with Gasteiger partial charge in [-0.15, -0.1) is 0 Å². The largest absolute Gasteiger partial charge is 0.481 e. The van der Waals surface area contributed by atoms with Crippen molar-refractivity contribution in [2.75, 3.05) is 13.1 Å². The fourth-order valence-electron chi connectivity index (χ4n) is 2.17. The highest BCUT2D eigenvalue weighted by atomic mass is 32.2. The quantitative estimate of drug-likeness (QED) is 0.865. The monoisotopic (exact) mass is 294 g/mol. The van der Waals surface area contributed by atoms with Gasteiger partial charge in [0.05, 0.1) is 23.8 Å². The molecule has 0 aliphatic carbocycles. The Morgan fingerprint density at radius 3 is 2.65 bits per heavy atom. The van der Waals surface area contributed by atoms with Gasteiger partial charge >= 0.3 is 5.97 Å². The van der Waals surface area contributed by atoms with Crippen molar-refractivity contribution in [2.24, 2.45) is 5.92 Å². The number of benzene rings is 1. The van der Waals surface area contributed by atoms with Crippen molar-refractivity contribution in [2.45, 2.75) is 12.2 Å². The van der Waals surface area contributed by atoms with Crippen LogP contribution in [0.2, 0.25) is 0 Å². The molecule has 0 atom stereocenters. The Morgan fingerprint density at radius 2 is 2.05 bits per heavy atom. The van der Waals surface area contributed by atoms with Crippen LogP contribution in [0, 0.1) is 17.2 Å². The van der Waals surface area contributed by atoms with Crippen molar-refractivity contribution in [3.63, 3.8) is 0 Å². The molecule has 1 fully saturated rings. The van der Waals surface area contributed by atoms with Crippen molar-refractivity contribution in [3.05, 3.63) is 35.4 Å². The maximum Gasteiger partial charge on any atom is 0.303 e. The van der Waals surface area contributed by atoms with Crippen molar-refractivity contribution in [1.82, 2.24) is 4.31 Å². The van der Waals surface area contributed by atoms with Gasteiger partial charge in [-0.05, 0) is 17.5 Å². The Labute approximate surface area is 117 Å². The van der Waals surface area contributed by atoms with E-state index in [0.717, 1.165) is 0 Å². The van der Waals surface area contributed by atoms with E-state index in [1.807, 2.05) is 6.07 Å². The second-order valence-electron chi connectivity index (χ2n) is 4.81. The molecule has 1 heterocycles. The van der Waals surface area contributed by atoms with Gasteiger partial charge in [-0.25, -0.2) is 12.7 Å². The Morgan fingerprint density at radius 1 is 1.40 bits per heavy atom. The Balaban J connectivity index is 2.03. The van der Waals surface area contributed by atoms with Crippen LogP contribution in [0.25, 0.3) is 0 Å².